The lowest BCUT2D eigenvalue weighted by Gasteiger charge is -2.24. The molecule has 2 heterocycles. The number of thiophene rings is 1. The molecule has 90 valence electrons. The highest BCUT2D eigenvalue weighted by atomic mass is 79.9. The Labute approximate surface area is 117 Å². The van der Waals surface area contributed by atoms with Crippen LogP contribution >= 0.6 is 43.2 Å². The fourth-order valence-corrected chi connectivity index (χ4v) is 4.55. The maximum Gasteiger partial charge on any atom is 0.0843 e. The van der Waals surface area contributed by atoms with E-state index in [-0.39, 0.29) is 0 Å². The molecule has 1 fully saturated rings. The summed E-state index contributed by atoms with van der Waals surface area (Å²) in [6, 6.07) is 2.59. The number of nitrogens with one attached hydrogen (secondary N) is 1. The second-order valence-corrected chi connectivity index (χ2v) is 7.32. The van der Waals surface area contributed by atoms with E-state index in [4.69, 9.17) is 4.74 Å². The van der Waals surface area contributed by atoms with Crippen molar-refractivity contribution in [3.63, 3.8) is 0 Å². The van der Waals surface area contributed by atoms with Gasteiger partial charge >= 0.3 is 0 Å². The molecule has 1 N–H and O–H groups in total. The van der Waals surface area contributed by atoms with Crippen LogP contribution < -0.4 is 5.32 Å². The van der Waals surface area contributed by atoms with E-state index in [1.165, 1.54) is 4.88 Å². The molecule has 1 aromatic heterocycles. The molecule has 1 saturated heterocycles. The Morgan fingerprint density at radius 1 is 1.56 bits per heavy atom. The van der Waals surface area contributed by atoms with Crippen LogP contribution in [0.5, 0.6) is 0 Å². The lowest BCUT2D eigenvalue weighted by molar-refractivity contribution is 0.0966. The molecule has 3 unspecified atom stereocenters. The molecule has 2 nitrogen and oxygen atoms in total. The average Bonchev–Trinajstić information content (AvgIpc) is 2.78. The molecule has 0 aromatic carbocycles. The van der Waals surface area contributed by atoms with Crippen LogP contribution in [-0.2, 0) is 4.74 Å². The molecular weight excluding hydrogens is 354 g/mol. The Balaban J connectivity index is 2.21. The van der Waals surface area contributed by atoms with Crippen LogP contribution in [0.2, 0.25) is 0 Å². The third-order valence-corrected chi connectivity index (χ3v) is 6.48. The maximum atomic E-state index is 5.65. The first-order chi connectivity index (χ1) is 7.63. The highest BCUT2D eigenvalue weighted by Crippen LogP contribution is 2.40. The van der Waals surface area contributed by atoms with E-state index in [0.717, 1.165) is 21.3 Å². The van der Waals surface area contributed by atoms with Gasteiger partial charge in [-0.15, -0.1) is 11.3 Å². The van der Waals surface area contributed by atoms with Crippen molar-refractivity contribution in [3.05, 3.63) is 19.2 Å². The van der Waals surface area contributed by atoms with Crippen molar-refractivity contribution in [2.24, 2.45) is 5.92 Å². The Morgan fingerprint density at radius 2 is 2.31 bits per heavy atom. The zero-order valence-electron chi connectivity index (χ0n) is 9.30. The van der Waals surface area contributed by atoms with Gasteiger partial charge in [-0.3, -0.25) is 0 Å². The smallest absolute Gasteiger partial charge is 0.0843 e. The van der Waals surface area contributed by atoms with Gasteiger partial charge in [-0.1, -0.05) is 0 Å². The van der Waals surface area contributed by atoms with Crippen LogP contribution in [0.4, 0.5) is 0 Å². The Hall–Kier alpha value is 0.580. The number of rotatable bonds is 3. The van der Waals surface area contributed by atoms with Crippen LogP contribution in [-0.4, -0.2) is 19.8 Å². The monoisotopic (exact) mass is 367 g/mol. The molecule has 1 aromatic rings. The number of hydrogen-bond acceptors (Lipinski definition) is 3. The summed E-state index contributed by atoms with van der Waals surface area (Å²) in [7, 11) is 2.03. The first-order valence-electron chi connectivity index (χ1n) is 5.37. The van der Waals surface area contributed by atoms with E-state index in [0.29, 0.717) is 18.1 Å². The van der Waals surface area contributed by atoms with E-state index < -0.39 is 0 Å². The van der Waals surface area contributed by atoms with Gasteiger partial charge in [0.25, 0.3) is 0 Å². The highest BCUT2D eigenvalue weighted by Gasteiger charge is 2.33. The van der Waals surface area contributed by atoms with Crippen molar-refractivity contribution in [3.8, 4) is 0 Å². The van der Waals surface area contributed by atoms with Gasteiger partial charge in [-0.2, -0.15) is 0 Å². The lowest BCUT2D eigenvalue weighted by Crippen LogP contribution is -2.28. The van der Waals surface area contributed by atoms with Crippen molar-refractivity contribution >= 4 is 43.2 Å². The average molecular weight is 369 g/mol. The Bertz CT molecular complexity index is 349. The van der Waals surface area contributed by atoms with Crippen molar-refractivity contribution < 1.29 is 4.74 Å². The minimum Gasteiger partial charge on any atom is -0.378 e. The molecular formula is C11H15Br2NOS. The normalized spacial score (nSPS) is 27.2. The molecule has 0 radical (unpaired) electrons. The first kappa shape index (κ1) is 13.0. The van der Waals surface area contributed by atoms with Gasteiger partial charge in [0, 0.05) is 27.9 Å². The SMILES string of the molecule is CNC(c1cc(Br)c(Br)s1)C1CCOC1C. The van der Waals surface area contributed by atoms with Crippen molar-refractivity contribution in [1.82, 2.24) is 5.32 Å². The predicted molar refractivity (Wildman–Crippen MR) is 75.0 cm³/mol. The molecule has 0 spiro atoms. The first-order valence-corrected chi connectivity index (χ1v) is 7.77. The number of halogens is 2. The van der Waals surface area contributed by atoms with E-state index >= 15 is 0 Å². The second kappa shape index (κ2) is 5.48. The van der Waals surface area contributed by atoms with Crippen LogP contribution in [0.15, 0.2) is 14.3 Å². The summed E-state index contributed by atoms with van der Waals surface area (Å²) in [6.07, 6.45) is 1.48. The van der Waals surface area contributed by atoms with E-state index in [1.54, 1.807) is 11.3 Å². The van der Waals surface area contributed by atoms with E-state index in [1.807, 2.05) is 7.05 Å². The minimum atomic E-state index is 0.345. The summed E-state index contributed by atoms with van der Waals surface area (Å²) >= 11 is 8.88. The summed E-state index contributed by atoms with van der Waals surface area (Å²) in [5, 5.41) is 3.42. The second-order valence-electron chi connectivity index (χ2n) is 4.07. The third-order valence-electron chi connectivity index (χ3n) is 3.14. The Morgan fingerprint density at radius 3 is 2.75 bits per heavy atom. The van der Waals surface area contributed by atoms with Gasteiger partial charge in [0.1, 0.15) is 0 Å². The van der Waals surface area contributed by atoms with Crippen molar-refractivity contribution in [1.29, 1.82) is 0 Å². The fraction of sp³-hybridized carbons (Fsp3) is 0.636. The molecule has 5 heteroatoms. The van der Waals surface area contributed by atoms with Crippen LogP contribution in [0, 0.1) is 5.92 Å². The molecule has 0 aliphatic carbocycles. The summed E-state index contributed by atoms with van der Waals surface area (Å²) in [4.78, 5) is 1.36. The number of ether oxygens (including phenoxy) is 1. The predicted octanol–water partition coefficient (Wildman–Crippen LogP) is 3.96. The number of hydrogen-bond donors (Lipinski definition) is 1. The zero-order chi connectivity index (χ0) is 11.7. The quantitative estimate of drug-likeness (QED) is 0.871. The van der Waals surface area contributed by atoms with Gasteiger partial charge in [0.05, 0.1) is 9.89 Å². The summed E-state index contributed by atoms with van der Waals surface area (Å²) < 4.78 is 7.95. The molecule has 0 bridgehead atoms. The largest absolute Gasteiger partial charge is 0.378 e. The molecule has 0 amide bonds. The summed E-state index contributed by atoms with van der Waals surface area (Å²) in [6.45, 7) is 3.05. The molecule has 3 atom stereocenters. The molecule has 1 aliphatic heterocycles. The van der Waals surface area contributed by atoms with Gasteiger partial charge in [0.2, 0.25) is 0 Å². The Kier molecular flexibility index (Phi) is 4.46. The summed E-state index contributed by atoms with van der Waals surface area (Å²) in [5.41, 5.74) is 0. The minimum absolute atomic E-state index is 0.345. The third kappa shape index (κ3) is 2.53. The molecule has 16 heavy (non-hydrogen) atoms. The lowest BCUT2D eigenvalue weighted by atomic mass is 9.92. The van der Waals surface area contributed by atoms with E-state index in [9.17, 15) is 0 Å². The van der Waals surface area contributed by atoms with Crippen LogP contribution in [0.1, 0.15) is 24.3 Å². The molecule has 1 aliphatic rings. The highest BCUT2D eigenvalue weighted by molar-refractivity contribution is 9.13. The zero-order valence-corrected chi connectivity index (χ0v) is 13.3. The maximum absolute atomic E-state index is 5.65. The fourth-order valence-electron chi connectivity index (χ4n) is 2.27. The standard InChI is InChI=1S/C11H15Br2NOS/c1-6-7(3-4-15-6)10(14-2)9-5-8(12)11(13)16-9/h5-7,10,14H,3-4H2,1-2H3. The summed E-state index contributed by atoms with van der Waals surface area (Å²) in [5.74, 6) is 0.572. The van der Waals surface area contributed by atoms with Gasteiger partial charge in [-0.05, 0) is 58.3 Å². The van der Waals surface area contributed by atoms with Crippen molar-refractivity contribution in [2.75, 3.05) is 13.7 Å². The van der Waals surface area contributed by atoms with Crippen molar-refractivity contribution in [2.45, 2.75) is 25.5 Å². The molecule has 2 rings (SSSR count). The van der Waals surface area contributed by atoms with Gasteiger partial charge in [0.15, 0.2) is 0 Å². The van der Waals surface area contributed by atoms with Gasteiger partial charge < -0.3 is 10.1 Å². The van der Waals surface area contributed by atoms with Gasteiger partial charge in [-0.25, -0.2) is 0 Å². The topological polar surface area (TPSA) is 21.3 Å². The van der Waals surface area contributed by atoms with Crippen LogP contribution in [0.25, 0.3) is 0 Å². The van der Waals surface area contributed by atoms with E-state index in [2.05, 4.69) is 50.2 Å². The van der Waals surface area contributed by atoms with Crippen LogP contribution in [0.3, 0.4) is 0 Å². The molecule has 0 saturated carbocycles.